The van der Waals surface area contributed by atoms with Gasteiger partial charge < -0.3 is 40.2 Å². The molecule has 22 heteroatoms. The lowest BCUT2D eigenvalue weighted by Gasteiger charge is -2.37. The minimum atomic E-state index is -1.82. The molecule has 2 aromatic heterocycles. The van der Waals surface area contributed by atoms with Gasteiger partial charge in [0.2, 0.25) is 11.8 Å². The summed E-state index contributed by atoms with van der Waals surface area (Å²) in [5.74, 6) is -2.77. The van der Waals surface area contributed by atoms with Crippen LogP contribution in [0.4, 0.5) is 14.5 Å². The summed E-state index contributed by atoms with van der Waals surface area (Å²) in [7, 11) is 1.38. The number of hydrogen-bond acceptors (Lipinski definition) is 13. The molecular weight excluding hydrogens is 1110 g/mol. The van der Waals surface area contributed by atoms with E-state index in [4.69, 9.17) is 58.7 Å². The summed E-state index contributed by atoms with van der Waals surface area (Å²) in [6.45, 7) is 14.0. The van der Waals surface area contributed by atoms with Crippen LogP contribution >= 0.6 is 46.1 Å². The Balaban J connectivity index is 0.776. The molecule has 5 atom stereocenters. The number of benzene rings is 4. The Morgan fingerprint density at radius 3 is 2.20 bits per heavy atom. The fraction of sp³-hybridized carbons (Fsp3) is 0.397. The number of aromatic nitrogens is 3. The van der Waals surface area contributed by atoms with Crippen molar-refractivity contribution in [3.8, 4) is 16.8 Å². The minimum Gasteiger partial charge on any atom is -0.495 e. The van der Waals surface area contributed by atoms with Crippen molar-refractivity contribution in [3.05, 3.63) is 155 Å². The molecule has 1 fully saturated rings. The van der Waals surface area contributed by atoms with E-state index in [9.17, 15) is 19.6 Å². The van der Waals surface area contributed by atoms with Crippen LogP contribution in [-0.2, 0) is 29.2 Å². The number of nitrogens with zero attached hydrogens (tertiary/aromatic N) is 5. The maximum absolute atomic E-state index is 16.2. The van der Waals surface area contributed by atoms with Gasteiger partial charge in [-0.1, -0.05) is 85.9 Å². The van der Waals surface area contributed by atoms with Gasteiger partial charge in [-0.05, 0) is 92.3 Å². The van der Waals surface area contributed by atoms with Gasteiger partial charge in [0.15, 0.2) is 5.82 Å². The lowest BCUT2D eigenvalue weighted by atomic mass is 9.62. The van der Waals surface area contributed by atoms with Crippen molar-refractivity contribution < 1.29 is 42.1 Å². The molecule has 80 heavy (non-hydrogen) atoms. The molecule has 2 aliphatic rings. The number of halogens is 5. The van der Waals surface area contributed by atoms with E-state index in [1.54, 1.807) is 11.3 Å². The van der Waals surface area contributed by atoms with Gasteiger partial charge in [0.25, 0.3) is 5.91 Å². The van der Waals surface area contributed by atoms with Crippen molar-refractivity contribution >= 4 is 75.3 Å². The second kappa shape index (κ2) is 26.1. The zero-order chi connectivity index (χ0) is 57.5. The van der Waals surface area contributed by atoms with Crippen molar-refractivity contribution in [2.24, 2.45) is 10.4 Å². The van der Waals surface area contributed by atoms with Crippen LogP contribution in [0, 0.1) is 49.2 Å². The van der Waals surface area contributed by atoms with Crippen LogP contribution in [0.5, 0.6) is 5.75 Å². The average Bonchev–Trinajstić information content (AvgIpc) is 4.24. The lowest BCUT2D eigenvalue weighted by Crippen LogP contribution is -2.45. The highest BCUT2D eigenvalue weighted by atomic mass is 35.5. The summed E-state index contributed by atoms with van der Waals surface area (Å²) in [4.78, 5) is 47.4. The van der Waals surface area contributed by atoms with Crippen LogP contribution in [0.15, 0.2) is 83.9 Å². The number of rotatable bonds is 22. The third-order valence-electron chi connectivity index (χ3n) is 14.0. The topological polar surface area (TPSA) is 203 Å². The molecule has 6 aromatic rings. The van der Waals surface area contributed by atoms with Gasteiger partial charge in [0.05, 0.1) is 81.7 Å². The summed E-state index contributed by atoms with van der Waals surface area (Å²) in [6.07, 6.45) is 0.345. The largest absolute Gasteiger partial charge is 0.495 e. The zero-order valence-corrected chi connectivity index (χ0v) is 48.4. The number of ether oxygens (including phenoxy) is 4. The van der Waals surface area contributed by atoms with E-state index in [1.807, 2.05) is 56.5 Å². The molecule has 3 amide bonds. The Bertz CT molecular complexity index is 3330. The van der Waals surface area contributed by atoms with Crippen molar-refractivity contribution in [3.63, 3.8) is 0 Å². The van der Waals surface area contributed by atoms with Gasteiger partial charge in [-0.2, -0.15) is 5.26 Å². The number of carbonyl (C=O) groups is 3. The molecule has 0 spiro atoms. The molecule has 4 heterocycles. The minimum absolute atomic E-state index is 0.0499. The molecular formula is C58H62Cl3F2N9O7S. The first-order valence-electron chi connectivity index (χ1n) is 26.0. The van der Waals surface area contributed by atoms with Crippen LogP contribution in [0.2, 0.25) is 15.1 Å². The van der Waals surface area contributed by atoms with Gasteiger partial charge in [0.1, 0.15) is 39.7 Å². The first kappa shape index (κ1) is 59.8. The van der Waals surface area contributed by atoms with Gasteiger partial charge in [0, 0.05) is 62.2 Å². The number of thiophene rings is 1. The number of aryl methyl sites for hydroxylation is 2. The van der Waals surface area contributed by atoms with Crippen molar-refractivity contribution in [2.45, 2.75) is 83.8 Å². The number of methoxy groups -OCH3 is 1. The molecule has 3 unspecified atom stereocenters. The molecule has 0 radical (unpaired) electrons. The molecule has 0 saturated carbocycles. The number of hydrogen-bond donors (Lipinski definition) is 4. The molecule has 4 aromatic carbocycles. The summed E-state index contributed by atoms with van der Waals surface area (Å²) in [5.41, 5.74) is 1.81. The van der Waals surface area contributed by atoms with Crippen LogP contribution in [0.1, 0.15) is 100 Å². The van der Waals surface area contributed by atoms with Crippen LogP contribution < -0.4 is 26.0 Å². The molecule has 16 nitrogen and oxygen atoms in total. The molecule has 4 N–H and O–H groups in total. The van der Waals surface area contributed by atoms with Gasteiger partial charge in [-0.15, -0.1) is 21.5 Å². The number of amides is 3. The number of aliphatic imine (C=N–C) groups is 1. The Morgan fingerprint density at radius 1 is 0.863 bits per heavy atom. The fourth-order valence-electron chi connectivity index (χ4n) is 10.2. The molecule has 0 bridgehead atoms. The van der Waals surface area contributed by atoms with Gasteiger partial charge in [-0.3, -0.25) is 23.9 Å². The monoisotopic (exact) mass is 1170 g/mol. The second-order valence-corrected chi connectivity index (χ2v) is 23.1. The summed E-state index contributed by atoms with van der Waals surface area (Å²) >= 11 is 20.3. The predicted octanol–water partition coefficient (Wildman–Crippen LogP) is 10.3. The highest BCUT2D eigenvalue weighted by Gasteiger charge is 2.61. The summed E-state index contributed by atoms with van der Waals surface area (Å²) in [5, 5.41) is 33.4. The Kier molecular flexibility index (Phi) is 19.5. The molecule has 0 aliphatic carbocycles. The van der Waals surface area contributed by atoms with Crippen molar-refractivity contribution in [1.82, 2.24) is 30.7 Å². The smallest absolute Gasteiger partial charge is 0.251 e. The molecule has 1 saturated heterocycles. The maximum atomic E-state index is 16.2. The Morgan fingerprint density at radius 2 is 1.54 bits per heavy atom. The van der Waals surface area contributed by atoms with Crippen LogP contribution in [0.25, 0.3) is 5.00 Å². The molecule has 2 aliphatic heterocycles. The highest BCUT2D eigenvalue weighted by Crippen LogP contribution is 2.53. The number of carbonyl (C=O) groups excluding carboxylic acids is 3. The van der Waals surface area contributed by atoms with E-state index in [0.29, 0.717) is 29.9 Å². The second-order valence-electron chi connectivity index (χ2n) is 20.6. The summed E-state index contributed by atoms with van der Waals surface area (Å²) in [6, 6.07) is 19.8. The fourth-order valence-corrected chi connectivity index (χ4v) is 11.9. The maximum Gasteiger partial charge on any atom is 0.251 e. The van der Waals surface area contributed by atoms with Gasteiger partial charge >= 0.3 is 0 Å². The number of nitrogens with one attached hydrogen (secondary N) is 4. The normalized spacial score (nSPS) is 18.6. The summed E-state index contributed by atoms with van der Waals surface area (Å²) < 4.78 is 56.8. The van der Waals surface area contributed by atoms with E-state index < -0.39 is 58.3 Å². The molecule has 422 valence electrons. The van der Waals surface area contributed by atoms with Crippen molar-refractivity contribution in [2.75, 3.05) is 65.2 Å². The van der Waals surface area contributed by atoms with Crippen molar-refractivity contribution in [1.29, 1.82) is 5.26 Å². The number of nitriles is 1. The van der Waals surface area contributed by atoms with Gasteiger partial charge in [-0.25, -0.2) is 8.78 Å². The van der Waals surface area contributed by atoms with Crippen LogP contribution in [0.3, 0.4) is 0 Å². The van der Waals surface area contributed by atoms with E-state index in [2.05, 4.69) is 51.4 Å². The highest BCUT2D eigenvalue weighted by molar-refractivity contribution is 7.15. The van der Waals surface area contributed by atoms with Crippen LogP contribution in [-0.4, -0.2) is 110 Å². The lowest BCUT2D eigenvalue weighted by molar-refractivity contribution is -0.121. The third-order valence-corrected chi connectivity index (χ3v) is 16.0. The predicted molar refractivity (Wildman–Crippen MR) is 305 cm³/mol. The standard InChI is InChI=1S/C58H62Cl3F2N9O7S/c1-32-33(2)80-56-48(32)51(35-11-14-37(59)15-12-35)67-44(53-71-70-34(3)72(53)56)29-47(73)65-19-21-77-23-25-79-26-24-78-22-20-66-54(74)36-13-18-43(45(27-36)76-7)68-55(75)52-49(39-9-8-10-41(61)50(39)63)58(31-64,46(69-52)30-57(4,5)6)40-17-16-38(60)28-42(40)62/h8-18,27-28,44,46,49,52,69H,19-26,29-30H2,1-7H3,(H,65,73)(H,66,74)(H,68,75)/t44-,46?,49?,52?,58-/m0/s1. The number of anilines is 1. The Labute approximate surface area is 482 Å². The first-order chi connectivity index (χ1) is 38.3. The first-order valence-corrected chi connectivity index (χ1v) is 27.9. The Hall–Kier alpha value is -6.34. The average molecular weight is 1170 g/mol. The van der Waals surface area contributed by atoms with E-state index in [0.717, 1.165) is 38.3 Å². The van der Waals surface area contributed by atoms with E-state index >= 15 is 8.78 Å². The number of fused-ring (bicyclic) bond motifs is 3. The third kappa shape index (κ3) is 13.2. The van der Waals surface area contributed by atoms with E-state index in [-0.39, 0.29) is 96.4 Å². The SMILES string of the molecule is COc1cc(C(=O)NCCOCCOCCOCCNC(=O)C[C@@H]2N=C(c3ccc(Cl)cc3)c3c(sc(C)c3C)-n3c(C)nnc32)ccc1NC(=O)C1NC(CC(C)(C)C)[C@](C#N)(c2ccc(Cl)cc2F)C1c1cccc(Cl)c1F. The zero-order valence-electron chi connectivity index (χ0n) is 45.3. The molecule has 8 rings (SSSR count). The van der Waals surface area contributed by atoms with E-state index in [1.165, 1.54) is 55.6 Å². The quantitative estimate of drug-likeness (QED) is 0.0471.